The summed E-state index contributed by atoms with van der Waals surface area (Å²) in [5.74, 6) is 0.843. The number of likely N-dealkylation sites (tertiary alicyclic amines) is 1. The number of rotatable bonds is 4. The van der Waals surface area contributed by atoms with Crippen molar-refractivity contribution in [2.24, 2.45) is 5.92 Å². The van der Waals surface area contributed by atoms with Gasteiger partial charge in [-0.2, -0.15) is 0 Å². The summed E-state index contributed by atoms with van der Waals surface area (Å²) >= 11 is 3.25. The van der Waals surface area contributed by atoms with Gasteiger partial charge < -0.3 is 9.80 Å². The summed E-state index contributed by atoms with van der Waals surface area (Å²) in [5, 5.41) is 2.06. The third-order valence-electron chi connectivity index (χ3n) is 5.66. The van der Waals surface area contributed by atoms with Crippen molar-refractivity contribution < 1.29 is 9.59 Å². The van der Waals surface area contributed by atoms with Gasteiger partial charge in [-0.25, -0.2) is 0 Å². The number of hydrogen-bond acceptors (Lipinski definition) is 4. The van der Waals surface area contributed by atoms with Crippen molar-refractivity contribution in [2.45, 2.75) is 37.3 Å². The van der Waals surface area contributed by atoms with Crippen molar-refractivity contribution in [3.05, 3.63) is 57.8 Å². The predicted molar refractivity (Wildman–Crippen MR) is 116 cm³/mol. The minimum atomic E-state index is 0.00556. The summed E-state index contributed by atoms with van der Waals surface area (Å²) in [4.78, 5) is 30.2. The molecule has 4 rings (SSSR count). The van der Waals surface area contributed by atoms with E-state index in [1.807, 2.05) is 29.3 Å². The van der Waals surface area contributed by atoms with Gasteiger partial charge in [-0.05, 0) is 49.6 Å². The molecule has 1 aromatic carbocycles. The normalized spacial score (nSPS) is 23.4. The van der Waals surface area contributed by atoms with Crippen molar-refractivity contribution in [1.29, 1.82) is 0 Å². The number of carbonyl (C=O) groups is 2. The molecule has 0 N–H and O–H groups in total. The second kappa shape index (κ2) is 8.29. The molecule has 2 aromatic rings. The van der Waals surface area contributed by atoms with Crippen molar-refractivity contribution in [1.82, 2.24) is 9.80 Å². The molecular formula is C22H26N2O2S2. The van der Waals surface area contributed by atoms with Crippen LogP contribution in [0.5, 0.6) is 0 Å². The molecule has 0 bridgehead atoms. The molecular weight excluding hydrogens is 388 g/mol. The first-order chi connectivity index (χ1) is 13.5. The van der Waals surface area contributed by atoms with E-state index in [1.165, 1.54) is 22.5 Å². The van der Waals surface area contributed by atoms with Gasteiger partial charge in [-0.15, -0.1) is 23.1 Å². The van der Waals surface area contributed by atoms with Crippen molar-refractivity contribution in [3.8, 4) is 0 Å². The highest BCUT2D eigenvalue weighted by Crippen LogP contribution is 2.44. The van der Waals surface area contributed by atoms with Crippen LogP contribution in [0.3, 0.4) is 0 Å². The third-order valence-corrected chi connectivity index (χ3v) is 7.92. The van der Waals surface area contributed by atoms with E-state index in [0.717, 1.165) is 37.4 Å². The number of piperidine rings is 1. The van der Waals surface area contributed by atoms with Gasteiger partial charge in [0.1, 0.15) is 5.37 Å². The summed E-state index contributed by atoms with van der Waals surface area (Å²) in [6.45, 7) is 6.45. The Kier molecular flexibility index (Phi) is 5.78. The molecule has 2 unspecified atom stereocenters. The Labute approximate surface area is 174 Å². The summed E-state index contributed by atoms with van der Waals surface area (Å²) in [6.07, 6.45) is 1.92. The van der Waals surface area contributed by atoms with Crippen LogP contribution in [-0.4, -0.2) is 46.5 Å². The quantitative estimate of drug-likeness (QED) is 0.736. The van der Waals surface area contributed by atoms with Gasteiger partial charge in [0.15, 0.2) is 0 Å². The highest BCUT2D eigenvalue weighted by atomic mass is 32.2. The van der Waals surface area contributed by atoms with E-state index in [4.69, 9.17) is 0 Å². The first-order valence-electron chi connectivity index (χ1n) is 9.88. The minimum Gasteiger partial charge on any atom is -0.338 e. The molecule has 6 heteroatoms. The minimum absolute atomic E-state index is 0.00556. The third kappa shape index (κ3) is 3.98. The molecule has 2 fully saturated rings. The molecule has 2 aliphatic rings. The van der Waals surface area contributed by atoms with Gasteiger partial charge in [-0.3, -0.25) is 9.59 Å². The van der Waals surface area contributed by atoms with Crippen LogP contribution in [0, 0.1) is 12.8 Å². The number of aryl methyl sites for hydroxylation is 1. The molecule has 2 aliphatic heterocycles. The summed E-state index contributed by atoms with van der Waals surface area (Å²) in [7, 11) is 0. The maximum absolute atomic E-state index is 12.8. The number of benzene rings is 1. The van der Waals surface area contributed by atoms with Gasteiger partial charge >= 0.3 is 0 Å². The maximum atomic E-state index is 12.8. The fraction of sp³-hybridized carbons (Fsp3) is 0.455. The van der Waals surface area contributed by atoms with E-state index in [-0.39, 0.29) is 22.4 Å². The number of nitrogens with zero attached hydrogens (tertiary/aromatic N) is 2. The summed E-state index contributed by atoms with van der Waals surface area (Å²) in [6, 6.07) is 12.3. The van der Waals surface area contributed by atoms with E-state index in [1.54, 1.807) is 11.8 Å². The first kappa shape index (κ1) is 19.5. The Morgan fingerprint density at radius 2 is 1.96 bits per heavy atom. The molecule has 2 saturated heterocycles. The zero-order valence-electron chi connectivity index (χ0n) is 16.3. The Morgan fingerprint density at radius 1 is 1.18 bits per heavy atom. The highest BCUT2D eigenvalue weighted by Gasteiger charge is 2.40. The lowest BCUT2D eigenvalue weighted by Gasteiger charge is -2.35. The Balaban J connectivity index is 1.40. The number of hydrogen-bond donors (Lipinski definition) is 0. The van der Waals surface area contributed by atoms with E-state index in [2.05, 4.69) is 36.1 Å². The highest BCUT2D eigenvalue weighted by molar-refractivity contribution is 8.01. The molecule has 148 valence electrons. The smallest absolute Gasteiger partial charge is 0.263 e. The zero-order valence-corrected chi connectivity index (χ0v) is 18.0. The maximum Gasteiger partial charge on any atom is 0.263 e. The second-order valence-electron chi connectivity index (χ2n) is 7.75. The van der Waals surface area contributed by atoms with Gasteiger partial charge in [0, 0.05) is 19.6 Å². The average Bonchev–Trinajstić information content (AvgIpc) is 3.33. The van der Waals surface area contributed by atoms with Crippen molar-refractivity contribution in [2.75, 3.05) is 19.6 Å². The van der Waals surface area contributed by atoms with Crippen LogP contribution in [0.1, 0.15) is 45.9 Å². The fourth-order valence-electron chi connectivity index (χ4n) is 4.09. The Morgan fingerprint density at radius 3 is 2.64 bits per heavy atom. The average molecular weight is 415 g/mol. The monoisotopic (exact) mass is 414 g/mol. The molecule has 2 atom stereocenters. The SMILES string of the molecule is Cc1cccc(C2SC(C)C(=O)N2CC2CCN(C(=O)c3cccs3)CC2)c1. The van der Waals surface area contributed by atoms with Gasteiger partial charge in [-0.1, -0.05) is 35.9 Å². The molecule has 2 amide bonds. The van der Waals surface area contributed by atoms with Crippen molar-refractivity contribution >= 4 is 34.9 Å². The lowest BCUT2D eigenvalue weighted by atomic mass is 9.95. The summed E-state index contributed by atoms with van der Waals surface area (Å²) in [5.41, 5.74) is 2.44. The predicted octanol–water partition coefficient (Wildman–Crippen LogP) is 4.57. The van der Waals surface area contributed by atoms with Crippen LogP contribution in [-0.2, 0) is 4.79 Å². The van der Waals surface area contributed by atoms with Crippen LogP contribution in [0.2, 0.25) is 0 Å². The van der Waals surface area contributed by atoms with Crippen LogP contribution in [0.15, 0.2) is 41.8 Å². The van der Waals surface area contributed by atoms with Crippen molar-refractivity contribution in [3.63, 3.8) is 0 Å². The van der Waals surface area contributed by atoms with Crippen LogP contribution in [0.25, 0.3) is 0 Å². The topological polar surface area (TPSA) is 40.6 Å². The van der Waals surface area contributed by atoms with Gasteiger partial charge in [0.2, 0.25) is 5.91 Å². The zero-order chi connectivity index (χ0) is 19.7. The molecule has 28 heavy (non-hydrogen) atoms. The van der Waals surface area contributed by atoms with E-state index >= 15 is 0 Å². The number of thioether (sulfide) groups is 1. The lowest BCUT2D eigenvalue weighted by Crippen LogP contribution is -2.42. The molecule has 4 nitrogen and oxygen atoms in total. The largest absolute Gasteiger partial charge is 0.338 e. The standard InChI is InChI=1S/C22H26N2O2S2/c1-15-5-3-6-18(13-15)22-24(20(25)16(2)28-22)14-17-8-10-23(11-9-17)21(26)19-7-4-12-27-19/h3-7,12-13,16-17,22H,8-11,14H2,1-2H3. The Bertz CT molecular complexity index is 844. The van der Waals surface area contributed by atoms with E-state index in [0.29, 0.717) is 5.92 Å². The molecule has 1 aromatic heterocycles. The molecule has 0 radical (unpaired) electrons. The van der Waals surface area contributed by atoms with Gasteiger partial charge in [0.05, 0.1) is 10.1 Å². The Hall–Kier alpha value is -1.79. The van der Waals surface area contributed by atoms with Gasteiger partial charge in [0.25, 0.3) is 5.91 Å². The number of amides is 2. The molecule has 3 heterocycles. The van der Waals surface area contributed by atoms with E-state index < -0.39 is 0 Å². The molecule has 0 spiro atoms. The van der Waals surface area contributed by atoms with Crippen LogP contribution < -0.4 is 0 Å². The first-order valence-corrected chi connectivity index (χ1v) is 11.7. The number of carbonyl (C=O) groups excluding carboxylic acids is 2. The lowest BCUT2D eigenvalue weighted by molar-refractivity contribution is -0.130. The van der Waals surface area contributed by atoms with E-state index in [9.17, 15) is 9.59 Å². The van der Waals surface area contributed by atoms with Crippen LogP contribution >= 0.6 is 23.1 Å². The number of thiophene rings is 1. The summed E-state index contributed by atoms with van der Waals surface area (Å²) < 4.78 is 0. The molecule has 0 saturated carbocycles. The second-order valence-corrected chi connectivity index (χ2v) is 10.1. The molecule has 0 aliphatic carbocycles. The van der Waals surface area contributed by atoms with Crippen LogP contribution in [0.4, 0.5) is 0 Å². The fourth-order valence-corrected chi connectivity index (χ4v) is 6.06.